The molecule has 3 N–H and O–H groups in total. The van der Waals surface area contributed by atoms with Crippen molar-refractivity contribution >= 4 is 34.6 Å². The number of aromatic amines is 1. The Labute approximate surface area is 104 Å². The molecule has 2 aromatic heterocycles. The molecule has 0 saturated carbocycles. The minimum Gasteiger partial charge on any atom is -0.368 e. The van der Waals surface area contributed by atoms with Crippen LogP contribution < -0.4 is 10.6 Å². The summed E-state index contributed by atoms with van der Waals surface area (Å²) >= 11 is 1.84. The molecular formula is C10H16N6S. The molecule has 0 aliphatic rings. The SMILES string of the molecule is CSCCCN(C)c1nc(N)nc2[nH]ncc12. The Morgan fingerprint density at radius 1 is 1.47 bits per heavy atom. The van der Waals surface area contributed by atoms with E-state index in [0.717, 1.165) is 29.9 Å². The van der Waals surface area contributed by atoms with Crippen LogP contribution in [-0.4, -0.2) is 45.8 Å². The molecule has 0 spiro atoms. The van der Waals surface area contributed by atoms with Crippen LogP contribution >= 0.6 is 11.8 Å². The van der Waals surface area contributed by atoms with Crippen LogP contribution in [0.1, 0.15) is 6.42 Å². The maximum absolute atomic E-state index is 5.68. The van der Waals surface area contributed by atoms with Crippen LogP contribution in [0.5, 0.6) is 0 Å². The summed E-state index contributed by atoms with van der Waals surface area (Å²) in [6.07, 6.45) is 4.95. The molecule has 7 heteroatoms. The number of fused-ring (bicyclic) bond motifs is 1. The maximum Gasteiger partial charge on any atom is 0.224 e. The number of rotatable bonds is 5. The number of nitrogen functional groups attached to an aromatic ring is 1. The average molecular weight is 252 g/mol. The standard InChI is InChI=1S/C10H16N6S/c1-16(4-3-5-17-2)9-7-6-12-15-8(7)13-10(11)14-9/h6H,3-5H2,1-2H3,(H3,11,12,13,14,15). The molecule has 0 amide bonds. The predicted molar refractivity (Wildman–Crippen MR) is 72.4 cm³/mol. The highest BCUT2D eigenvalue weighted by molar-refractivity contribution is 7.98. The van der Waals surface area contributed by atoms with E-state index in [-0.39, 0.29) is 5.95 Å². The van der Waals surface area contributed by atoms with E-state index in [1.165, 1.54) is 0 Å². The first-order chi connectivity index (χ1) is 8.22. The van der Waals surface area contributed by atoms with Crippen molar-refractivity contribution in [1.29, 1.82) is 0 Å². The number of thioether (sulfide) groups is 1. The lowest BCUT2D eigenvalue weighted by Crippen LogP contribution is -2.21. The number of H-pyrrole nitrogens is 1. The van der Waals surface area contributed by atoms with E-state index in [2.05, 4.69) is 31.3 Å². The molecule has 2 rings (SSSR count). The average Bonchev–Trinajstić information content (AvgIpc) is 2.75. The smallest absolute Gasteiger partial charge is 0.224 e. The van der Waals surface area contributed by atoms with Gasteiger partial charge in [-0.05, 0) is 18.4 Å². The summed E-state index contributed by atoms with van der Waals surface area (Å²) in [5, 5.41) is 7.69. The molecule has 0 bridgehead atoms. The number of anilines is 2. The van der Waals surface area contributed by atoms with Gasteiger partial charge in [0.25, 0.3) is 0 Å². The van der Waals surface area contributed by atoms with Crippen molar-refractivity contribution in [3.05, 3.63) is 6.20 Å². The van der Waals surface area contributed by atoms with Gasteiger partial charge in [-0.1, -0.05) is 0 Å². The molecule has 0 fully saturated rings. The van der Waals surface area contributed by atoms with Gasteiger partial charge in [-0.3, -0.25) is 5.10 Å². The Balaban J connectivity index is 2.24. The van der Waals surface area contributed by atoms with E-state index in [1.807, 2.05) is 18.8 Å². The fourth-order valence-electron chi connectivity index (χ4n) is 1.68. The minimum atomic E-state index is 0.272. The fourth-order valence-corrected chi connectivity index (χ4v) is 2.10. The second kappa shape index (κ2) is 5.22. The van der Waals surface area contributed by atoms with Crippen LogP contribution in [0.15, 0.2) is 6.20 Å². The van der Waals surface area contributed by atoms with Crippen molar-refractivity contribution in [2.75, 3.05) is 36.2 Å². The summed E-state index contributed by atoms with van der Waals surface area (Å²) in [7, 11) is 2.01. The lowest BCUT2D eigenvalue weighted by molar-refractivity contribution is 0.848. The monoisotopic (exact) mass is 252 g/mol. The summed E-state index contributed by atoms with van der Waals surface area (Å²) in [6.45, 7) is 0.942. The molecule has 92 valence electrons. The van der Waals surface area contributed by atoms with Gasteiger partial charge in [-0.15, -0.1) is 0 Å². The lowest BCUT2D eigenvalue weighted by Gasteiger charge is -2.18. The Morgan fingerprint density at radius 3 is 3.06 bits per heavy atom. The summed E-state index contributed by atoms with van der Waals surface area (Å²) in [5.41, 5.74) is 6.36. The number of nitrogens with one attached hydrogen (secondary N) is 1. The molecule has 2 aromatic rings. The quantitative estimate of drug-likeness (QED) is 0.776. The van der Waals surface area contributed by atoms with Gasteiger partial charge in [0.05, 0.1) is 11.6 Å². The van der Waals surface area contributed by atoms with E-state index < -0.39 is 0 Å². The number of nitrogens with zero attached hydrogens (tertiary/aromatic N) is 4. The van der Waals surface area contributed by atoms with Crippen LogP contribution in [0.4, 0.5) is 11.8 Å². The number of hydrogen-bond acceptors (Lipinski definition) is 6. The number of aromatic nitrogens is 4. The summed E-state index contributed by atoms with van der Waals surface area (Å²) in [5.74, 6) is 2.25. The van der Waals surface area contributed by atoms with Crippen molar-refractivity contribution in [3.8, 4) is 0 Å². The van der Waals surface area contributed by atoms with E-state index in [1.54, 1.807) is 6.20 Å². The molecule has 0 atom stereocenters. The Hall–Kier alpha value is -1.50. The van der Waals surface area contributed by atoms with Crippen molar-refractivity contribution in [2.45, 2.75) is 6.42 Å². The van der Waals surface area contributed by atoms with Gasteiger partial charge < -0.3 is 10.6 Å². The van der Waals surface area contributed by atoms with E-state index in [0.29, 0.717) is 5.65 Å². The highest BCUT2D eigenvalue weighted by atomic mass is 32.2. The summed E-state index contributed by atoms with van der Waals surface area (Å²) in [6, 6.07) is 0. The summed E-state index contributed by atoms with van der Waals surface area (Å²) in [4.78, 5) is 10.5. The number of nitrogens with two attached hydrogens (primary N) is 1. The minimum absolute atomic E-state index is 0.272. The molecule has 0 saturated heterocycles. The van der Waals surface area contributed by atoms with Gasteiger partial charge in [0.1, 0.15) is 5.82 Å². The molecule has 17 heavy (non-hydrogen) atoms. The molecule has 0 unspecified atom stereocenters. The zero-order chi connectivity index (χ0) is 12.3. The first-order valence-electron chi connectivity index (χ1n) is 5.39. The second-order valence-electron chi connectivity index (χ2n) is 3.81. The van der Waals surface area contributed by atoms with Crippen molar-refractivity contribution in [2.24, 2.45) is 0 Å². The van der Waals surface area contributed by atoms with Gasteiger partial charge >= 0.3 is 0 Å². The van der Waals surface area contributed by atoms with Crippen molar-refractivity contribution in [1.82, 2.24) is 20.2 Å². The Kier molecular flexibility index (Phi) is 3.68. The third-order valence-electron chi connectivity index (χ3n) is 2.51. The van der Waals surface area contributed by atoms with Gasteiger partial charge in [0.2, 0.25) is 5.95 Å². The normalized spacial score (nSPS) is 10.9. The van der Waals surface area contributed by atoms with E-state index in [4.69, 9.17) is 5.73 Å². The third kappa shape index (κ3) is 2.60. The first-order valence-corrected chi connectivity index (χ1v) is 6.78. The zero-order valence-electron chi connectivity index (χ0n) is 9.97. The molecule has 6 nitrogen and oxygen atoms in total. The summed E-state index contributed by atoms with van der Waals surface area (Å²) < 4.78 is 0. The molecular weight excluding hydrogens is 236 g/mol. The molecule has 0 aliphatic heterocycles. The number of hydrogen-bond donors (Lipinski definition) is 2. The largest absolute Gasteiger partial charge is 0.368 e. The molecule has 0 aromatic carbocycles. The van der Waals surface area contributed by atoms with Crippen molar-refractivity contribution in [3.63, 3.8) is 0 Å². The second-order valence-corrected chi connectivity index (χ2v) is 4.79. The highest BCUT2D eigenvalue weighted by Gasteiger charge is 2.11. The zero-order valence-corrected chi connectivity index (χ0v) is 10.8. The van der Waals surface area contributed by atoms with Crippen LogP contribution in [0.2, 0.25) is 0 Å². The van der Waals surface area contributed by atoms with Crippen LogP contribution in [-0.2, 0) is 0 Å². The van der Waals surface area contributed by atoms with Crippen LogP contribution in [0, 0.1) is 0 Å². The van der Waals surface area contributed by atoms with Gasteiger partial charge in [0.15, 0.2) is 5.65 Å². The molecule has 0 radical (unpaired) electrons. The van der Waals surface area contributed by atoms with Gasteiger partial charge in [-0.25, -0.2) is 0 Å². The van der Waals surface area contributed by atoms with Crippen LogP contribution in [0.3, 0.4) is 0 Å². The van der Waals surface area contributed by atoms with E-state index >= 15 is 0 Å². The fraction of sp³-hybridized carbons (Fsp3) is 0.500. The third-order valence-corrected chi connectivity index (χ3v) is 3.21. The first kappa shape index (κ1) is 12.0. The Morgan fingerprint density at radius 2 is 2.29 bits per heavy atom. The topological polar surface area (TPSA) is 83.7 Å². The van der Waals surface area contributed by atoms with E-state index in [9.17, 15) is 0 Å². The van der Waals surface area contributed by atoms with Crippen LogP contribution in [0.25, 0.3) is 11.0 Å². The highest BCUT2D eigenvalue weighted by Crippen LogP contribution is 2.22. The maximum atomic E-state index is 5.68. The molecule has 0 aliphatic carbocycles. The van der Waals surface area contributed by atoms with Gasteiger partial charge in [0, 0.05) is 13.6 Å². The lowest BCUT2D eigenvalue weighted by atomic mass is 10.3. The van der Waals surface area contributed by atoms with Crippen molar-refractivity contribution < 1.29 is 0 Å². The molecule has 2 heterocycles. The Bertz CT molecular complexity index is 497. The van der Waals surface area contributed by atoms with Gasteiger partial charge in [-0.2, -0.15) is 26.8 Å². The predicted octanol–water partition coefficient (Wildman–Crippen LogP) is 1.12.